The molecule has 3 rings (SSSR count). The summed E-state index contributed by atoms with van der Waals surface area (Å²) < 4.78 is 10.4. The van der Waals surface area contributed by atoms with Gasteiger partial charge in [0.2, 0.25) is 5.91 Å². The van der Waals surface area contributed by atoms with Gasteiger partial charge in [-0.05, 0) is 70.4 Å². The quantitative estimate of drug-likeness (QED) is 0.348. The SMILES string of the molecule is CCOC(=O)[C@H]1CC(C/C=C/c2ccc(N=Nc3ccccc3)cc2)C(=O)N1C(=O)OC(C)(C)C. The molecule has 35 heavy (non-hydrogen) atoms. The van der Waals surface area contributed by atoms with Crippen LogP contribution in [-0.2, 0) is 19.1 Å². The molecule has 8 heteroatoms. The molecule has 2 aromatic rings. The molecule has 0 aliphatic carbocycles. The largest absolute Gasteiger partial charge is 0.464 e. The first-order chi connectivity index (χ1) is 16.7. The Labute approximate surface area is 205 Å². The Morgan fingerprint density at radius 3 is 2.26 bits per heavy atom. The molecule has 0 N–H and O–H groups in total. The Bertz CT molecular complexity index is 1090. The van der Waals surface area contributed by atoms with Gasteiger partial charge >= 0.3 is 12.1 Å². The Hall–Kier alpha value is -3.81. The first-order valence-corrected chi connectivity index (χ1v) is 11.6. The van der Waals surface area contributed by atoms with Crippen LogP contribution in [0.3, 0.4) is 0 Å². The van der Waals surface area contributed by atoms with Crippen LogP contribution in [0.15, 0.2) is 70.9 Å². The van der Waals surface area contributed by atoms with Crippen molar-refractivity contribution in [3.05, 3.63) is 66.2 Å². The van der Waals surface area contributed by atoms with Crippen LogP contribution in [0.2, 0.25) is 0 Å². The summed E-state index contributed by atoms with van der Waals surface area (Å²) in [5, 5.41) is 8.42. The van der Waals surface area contributed by atoms with Crippen molar-refractivity contribution in [3.8, 4) is 0 Å². The summed E-state index contributed by atoms with van der Waals surface area (Å²) >= 11 is 0. The zero-order chi connectivity index (χ0) is 25.4. The van der Waals surface area contributed by atoms with Crippen LogP contribution in [0.1, 0.15) is 46.1 Å². The van der Waals surface area contributed by atoms with Gasteiger partial charge in [-0.15, -0.1) is 0 Å². The van der Waals surface area contributed by atoms with Crippen molar-refractivity contribution >= 4 is 35.4 Å². The van der Waals surface area contributed by atoms with Gasteiger partial charge in [0.1, 0.15) is 11.6 Å². The van der Waals surface area contributed by atoms with E-state index in [1.165, 1.54) is 0 Å². The van der Waals surface area contributed by atoms with Crippen LogP contribution in [0.5, 0.6) is 0 Å². The number of hydrogen-bond acceptors (Lipinski definition) is 7. The van der Waals surface area contributed by atoms with Crippen LogP contribution < -0.4 is 0 Å². The van der Waals surface area contributed by atoms with E-state index >= 15 is 0 Å². The maximum Gasteiger partial charge on any atom is 0.417 e. The maximum atomic E-state index is 13.0. The molecular formula is C27H31N3O5. The van der Waals surface area contributed by atoms with Crippen molar-refractivity contribution in [1.29, 1.82) is 0 Å². The molecule has 184 valence electrons. The number of imide groups is 1. The first kappa shape index (κ1) is 25.8. The highest BCUT2D eigenvalue weighted by atomic mass is 16.6. The third-order valence-corrected chi connectivity index (χ3v) is 5.22. The molecule has 0 bridgehead atoms. The lowest BCUT2D eigenvalue weighted by atomic mass is 10.0. The molecule has 1 unspecified atom stereocenters. The smallest absolute Gasteiger partial charge is 0.417 e. The normalized spacial score (nSPS) is 18.4. The van der Waals surface area contributed by atoms with Gasteiger partial charge in [-0.3, -0.25) is 4.79 Å². The number of rotatable bonds is 7. The molecule has 2 aromatic carbocycles. The number of hydrogen-bond donors (Lipinski definition) is 0. The molecule has 0 aromatic heterocycles. The average Bonchev–Trinajstić information content (AvgIpc) is 3.15. The third kappa shape index (κ3) is 7.34. The number of ether oxygens (including phenoxy) is 2. The maximum absolute atomic E-state index is 13.0. The number of azo groups is 1. The van der Waals surface area contributed by atoms with Crippen LogP contribution in [0, 0.1) is 5.92 Å². The molecule has 1 heterocycles. The van der Waals surface area contributed by atoms with E-state index in [1.54, 1.807) is 27.7 Å². The summed E-state index contributed by atoms with van der Waals surface area (Å²) in [4.78, 5) is 39.0. The fourth-order valence-electron chi connectivity index (χ4n) is 3.62. The zero-order valence-corrected chi connectivity index (χ0v) is 20.5. The van der Waals surface area contributed by atoms with Crippen molar-refractivity contribution < 1.29 is 23.9 Å². The summed E-state index contributed by atoms with van der Waals surface area (Å²) in [7, 11) is 0. The molecule has 2 atom stereocenters. The molecule has 1 aliphatic heterocycles. The highest BCUT2D eigenvalue weighted by Gasteiger charge is 2.48. The number of esters is 1. The molecule has 0 saturated carbocycles. The zero-order valence-electron chi connectivity index (χ0n) is 20.5. The number of benzene rings is 2. The van der Waals surface area contributed by atoms with Crippen molar-refractivity contribution in [3.63, 3.8) is 0 Å². The lowest BCUT2D eigenvalue weighted by molar-refractivity contribution is -0.151. The number of carbonyl (C=O) groups excluding carboxylic acids is 3. The van der Waals surface area contributed by atoms with Crippen LogP contribution in [-0.4, -0.2) is 41.1 Å². The summed E-state index contributed by atoms with van der Waals surface area (Å²) in [6.07, 6.45) is 3.50. The fourth-order valence-corrected chi connectivity index (χ4v) is 3.62. The monoisotopic (exact) mass is 477 g/mol. The Morgan fingerprint density at radius 1 is 1.03 bits per heavy atom. The second kappa shape index (κ2) is 11.6. The van der Waals surface area contributed by atoms with Crippen molar-refractivity contribution in [2.45, 2.75) is 52.2 Å². The van der Waals surface area contributed by atoms with E-state index in [-0.39, 0.29) is 13.0 Å². The van der Waals surface area contributed by atoms with Gasteiger partial charge in [-0.25, -0.2) is 14.5 Å². The van der Waals surface area contributed by atoms with Crippen LogP contribution in [0.25, 0.3) is 6.08 Å². The van der Waals surface area contributed by atoms with E-state index in [0.29, 0.717) is 6.42 Å². The van der Waals surface area contributed by atoms with Crippen LogP contribution >= 0.6 is 0 Å². The number of nitrogens with zero attached hydrogens (tertiary/aromatic N) is 3. The number of carbonyl (C=O) groups is 3. The minimum absolute atomic E-state index is 0.164. The summed E-state index contributed by atoms with van der Waals surface area (Å²) in [5.41, 5.74) is 1.64. The Morgan fingerprint density at radius 2 is 1.66 bits per heavy atom. The molecular weight excluding hydrogens is 446 g/mol. The van der Waals surface area contributed by atoms with E-state index in [2.05, 4.69) is 10.2 Å². The summed E-state index contributed by atoms with van der Waals surface area (Å²) in [5.74, 6) is -1.55. The van der Waals surface area contributed by atoms with E-state index in [1.807, 2.05) is 66.7 Å². The second-order valence-corrected chi connectivity index (χ2v) is 9.15. The Balaban J connectivity index is 1.64. The van der Waals surface area contributed by atoms with Gasteiger partial charge in [0.15, 0.2) is 0 Å². The van der Waals surface area contributed by atoms with Crippen molar-refractivity contribution in [1.82, 2.24) is 4.90 Å². The second-order valence-electron chi connectivity index (χ2n) is 9.15. The van der Waals surface area contributed by atoms with E-state index in [4.69, 9.17) is 9.47 Å². The van der Waals surface area contributed by atoms with Gasteiger partial charge in [-0.2, -0.15) is 10.2 Å². The molecule has 0 spiro atoms. The predicted octanol–water partition coefficient (Wildman–Crippen LogP) is 6.22. The average molecular weight is 478 g/mol. The lowest BCUT2D eigenvalue weighted by Crippen LogP contribution is -2.46. The summed E-state index contributed by atoms with van der Waals surface area (Å²) in [6, 6.07) is 16.0. The number of likely N-dealkylation sites (tertiary alicyclic amines) is 1. The van der Waals surface area contributed by atoms with Gasteiger partial charge < -0.3 is 9.47 Å². The van der Waals surface area contributed by atoms with E-state index < -0.39 is 35.5 Å². The van der Waals surface area contributed by atoms with Gasteiger partial charge in [0.05, 0.1) is 18.0 Å². The minimum Gasteiger partial charge on any atom is -0.464 e. The van der Waals surface area contributed by atoms with E-state index in [0.717, 1.165) is 21.8 Å². The predicted molar refractivity (Wildman–Crippen MR) is 132 cm³/mol. The van der Waals surface area contributed by atoms with Crippen molar-refractivity contribution in [2.75, 3.05) is 6.61 Å². The molecule has 2 amide bonds. The molecule has 0 radical (unpaired) electrons. The molecule has 1 fully saturated rings. The first-order valence-electron chi connectivity index (χ1n) is 11.6. The van der Waals surface area contributed by atoms with Gasteiger partial charge in [0.25, 0.3) is 0 Å². The fraction of sp³-hybridized carbons (Fsp3) is 0.370. The molecule has 1 saturated heterocycles. The van der Waals surface area contributed by atoms with Gasteiger partial charge in [0, 0.05) is 5.92 Å². The Kier molecular flexibility index (Phi) is 8.52. The molecule has 1 aliphatic rings. The summed E-state index contributed by atoms with van der Waals surface area (Å²) in [6.45, 7) is 6.97. The molecule has 8 nitrogen and oxygen atoms in total. The highest BCUT2D eigenvalue weighted by molar-refractivity contribution is 6.00. The third-order valence-electron chi connectivity index (χ3n) is 5.22. The van der Waals surface area contributed by atoms with Crippen molar-refractivity contribution in [2.24, 2.45) is 16.1 Å². The highest BCUT2D eigenvalue weighted by Crippen LogP contribution is 2.30. The van der Waals surface area contributed by atoms with Gasteiger partial charge in [-0.1, -0.05) is 42.5 Å². The van der Waals surface area contributed by atoms with Crippen LogP contribution in [0.4, 0.5) is 16.2 Å². The standard InChI is InChI=1S/C27H31N3O5/c1-5-34-25(32)23-18-20(24(31)30(23)26(33)35-27(2,3)4)11-9-10-19-14-16-22(17-15-19)29-28-21-12-7-6-8-13-21/h6-10,12-17,20,23H,5,11,18H2,1-4H3/b10-9+,29-28?/t20?,23-/m1/s1. The minimum atomic E-state index is -0.982. The topological polar surface area (TPSA) is 97.6 Å². The number of amides is 2. The lowest BCUT2D eigenvalue weighted by Gasteiger charge is -2.26. The van der Waals surface area contributed by atoms with E-state index in [9.17, 15) is 14.4 Å². The number of allylic oxidation sites excluding steroid dienone is 1.